The molecule has 3 aromatic rings. The van der Waals surface area contributed by atoms with Gasteiger partial charge in [-0.05, 0) is 50.5 Å². The Morgan fingerprint density at radius 2 is 1.73 bits per heavy atom. The van der Waals surface area contributed by atoms with Gasteiger partial charge < -0.3 is 4.90 Å². The van der Waals surface area contributed by atoms with Crippen molar-refractivity contribution in [1.82, 2.24) is 25.6 Å². The number of hydrogen-bond donors (Lipinski definition) is 2. The summed E-state index contributed by atoms with van der Waals surface area (Å²) in [7, 11) is 0. The standard InChI is InChI=1S/C23H25FN6O2S/c1-16-9-11-17(12-10-16)30-22(29-13-5-2-6-14-29)27-28-23(30)33-15-20(31)25-26-21(32)18-7-3-4-8-19(18)24/h3-4,7-12H,2,5-6,13-15H2,1H3,(H,25,31)(H,26,32). The Morgan fingerprint density at radius 1 is 1.00 bits per heavy atom. The van der Waals surface area contributed by atoms with Gasteiger partial charge in [0.1, 0.15) is 5.82 Å². The number of aromatic nitrogens is 3. The Hall–Kier alpha value is -3.40. The fourth-order valence-electron chi connectivity index (χ4n) is 3.58. The minimum atomic E-state index is -0.721. The second-order valence-corrected chi connectivity index (χ2v) is 8.71. The number of rotatable bonds is 6. The highest BCUT2D eigenvalue weighted by molar-refractivity contribution is 7.99. The van der Waals surface area contributed by atoms with Gasteiger partial charge in [-0.1, -0.05) is 41.6 Å². The van der Waals surface area contributed by atoms with E-state index in [1.807, 2.05) is 35.8 Å². The number of piperidine rings is 1. The molecule has 0 atom stereocenters. The van der Waals surface area contributed by atoms with Gasteiger partial charge in [0, 0.05) is 13.1 Å². The second kappa shape index (κ2) is 10.5. The first-order valence-corrected chi connectivity index (χ1v) is 11.8. The predicted molar refractivity (Wildman–Crippen MR) is 125 cm³/mol. The third-order valence-corrected chi connectivity index (χ3v) is 6.24. The molecule has 0 spiro atoms. The molecule has 4 rings (SSSR count). The van der Waals surface area contributed by atoms with Gasteiger partial charge in [0.2, 0.25) is 11.9 Å². The molecule has 2 amide bonds. The molecule has 1 aliphatic rings. The molecule has 2 heterocycles. The van der Waals surface area contributed by atoms with Crippen LogP contribution in [0.4, 0.5) is 10.3 Å². The molecule has 172 valence electrons. The van der Waals surface area contributed by atoms with Crippen molar-refractivity contribution in [3.05, 3.63) is 65.5 Å². The summed E-state index contributed by atoms with van der Waals surface area (Å²) in [6, 6.07) is 13.6. The largest absolute Gasteiger partial charge is 0.341 e. The summed E-state index contributed by atoms with van der Waals surface area (Å²) in [5, 5.41) is 9.33. The monoisotopic (exact) mass is 468 g/mol. The molecular formula is C23H25FN6O2S. The van der Waals surface area contributed by atoms with Gasteiger partial charge in [0.25, 0.3) is 5.91 Å². The zero-order valence-electron chi connectivity index (χ0n) is 18.3. The third kappa shape index (κ3) is 5.51. The molecule has 0 unspecified atom stereocenters. The van der Waals surface area contributed by atoms with E-state index in [0.29, 0.717) is 5.16 Å². The van der Waals surface area contributed by atoms with Crippen LogP contribution in [0, 0.1) is 12.7 Å². The van der Waals surface area contributed by atoms with E-state index in [2.05, 4.69) is 25.9 Å². The molecule has 1 aliphatic heterocycles. The van der Waals surface area contributed by atoms with E-state index in [1.54, 1.807) is 6.07 Å². The van der Waals surface area contributed by atoms with Gasteiger partial charge in [-0.25, -0.2) is 4.39 Å². The molecule has 0 bridgehead atoms. The Kier molecular flexibility index (Phi) is 7.23. The van der Waals surface area contributed by atoms with E-state index in [9.17, 15) is 14.0 Å². The van der Waals surface area contributed by atoms with Crippen LogP contribution in [0.1, 0.15) is 35.2 Å². The van der Waals surface area contributed by atoms with Crippen molar-refractivity contribution in [3.8, 4) is 5.69 Å². The summed E-state index contributed by atoms with van der Waals surface area (Å²) in [4.78, 5) is 26.6. The van der Waals surface area contributed by atoms with Gasteiger partial charge in [0.15, 0.2) is 5.16 Å². The predicted octanol–water partition coefficient (Wildman–Crippen LogP) is 3.26. The first-order valence-electron chi connectivity index (χ1n) is 10.8. The number of benzene rings is 2. The first-order chi connectivity index (χ1) is 16.0. The van der Waals surface area contributed by atoms with Crippen molar-refractivity contribution in [2.75, 3.05) is 23.7 Å². The molecule has 0 saturated carbocycles. The van der Waals surface area contributed by atoms with E-state index < -0.39 is 17.6 Å². The number of hydrogen-bond acceptors (Lipinski definition) is 6. The molecule has 33 heavy (non-hydrogen) atoms. The number of anilines is 1. The molecule has 1 saturated heterocycles. The van der Waals surface area contributed by atoms with Crippen molar-refractivity contribution in [3.63, 3.8) is 0 Å². The number of nitrogens with zero attached hydrogens (tertiary/aromatic N) is 4. The first kappa shape index (κ1) is 22.8. The quantitative estimate of drug-likeness (QED) is 0.426. The van der Waals surface area contributed by atoms with Crippen molar-refractivity contribution in [2.24, 2.45) is 0 Å². The molecule has 0 aliphatic carbocycles. The van der Waals surface area contributed by atoms with Crippen LogP contribution in [0.3, 0.4) is 0 Å². The highest BCUT2D eigenvalue weighted by Gasteiger charge is 2.22. The molecule has 2 N–H and O–H groups in total. The highest BCUT2D eigenvalue weighted by Crippen LogP contribution is 2.28. The topological polar surface area (TPSA) is 92.2 Å². The maximum atomic E-state index is 13.7. The fourth-order valence-corrected chi connectivity index (χ4v) is 4.33. The average Bonchev–Trinajstić information content (AvgIpc) is 3.26. The lowest BCUT2D eigenvalue weighted by molar-refractivity contribution is -0.119. The van der Waals surface area contributed by atoms with Gasteiger partial charge in [-0.3, -0.25) is 25.0 Å². The molecule has 1 fully saturated rings. The van der Waals surface area contributed by atoms with Crippen LogP contribution in [0.2, 0.25) is 0 Å². The van der Waals surface area contributed by atoms with Crippen molar-refractivity contribution in [1.29, 1.82) is 0 Å². The normalized spacial score (nSPS) is 13.6. The zero-order valence-corrected chi connectivity index (χ0v) is 19.1. The van der Waals surface area contributed by atoms with Gasteiger partial charge in [-0.15, -0.1) is 10.2 Å². The van der Waals surface area contributed by atoms with Crippen LogP contribution in [0.5, 0.6) is 0 Å². The smallest absolute Gasteiger partial charge is 0.272 e. The number of carbonyl (C=O) groups excluding carboxylic acids is 2. The minimum absolute atomic E-state index is 0.00153. The number of amides is 2. The number of halogens is 1. The lowest BCUT2D eigenvalue weighted by atomic mass is 10.1. The van der Waals surface area contributed by atoms with Crippen LogP contribution >= 0.6 is 11.8 Å². The molecule has 8 nitrogen and oxygen atoms in total. The van der Waals surface area contributed by atoms with E-state index in [-0.39, 0.29) is 11.3 Å². The van der Waals surface area contributed by atoms with E-state index >= 15 is 0 Å². The van der Waals surface area contributed by atoms with Crippen molar-refractivity contribution < 1.29 is 14.0 Å². The number of thioether (sulfide) groups is 1. The van der Waals surface area contributed by atoms with Gasteiger partial charge in [0.05, 0.1) is 17.0 Å². The van der Waals surface area contributed by atoms with Gasteiger partial charge >= 0.3 is 0 Å². The third-order valence-electron chi connectivity index (χ3n) is 5.31. The summed E-state index contributed by atoms with van der Waals surface area (Å²) >= 11 is 1.21. The number of aryl methyl sites for hydroxylation is 1. The summed E-state index contributed by atoms with van der Waals surface area (Å²) in [6.07, 6.45) is 3.41. The Balaban J connectivity index is 1.44. The van der Waals surface area contributed by atoms with E-state index in [0.717, 1.165) is 43.1 Å². The SMILES string of the molecule is Cc1ccc(-n2c(SCC(=O)NNC(=O)c3ccccc3F)nnc2N2CCCCC2)cc1. The summed E-state index contributed by atoms with van der Waals surface area (Å²) < 4.78 is 15.7. The van der Waals surface area contributed by atoms with E-state index in [4.69, 9.17) is 0 Å². The van der Waals surface area contributed by atoms with Crippen LogP contribution in [0.25, 0.3) is 5.69 Å². The molecule has 0 radical (unpaired) electrons. The summed E-state index contributed by atoms with van der Waals surface area (Å²) in [5.74, 6) is -1.06. The van der Waals surface area contributed by atoms with Crippen molar-refractivity contribution in [2.45, 2.75) is 31.3 Å². The molecular weight excluding hydrogens is 443 g/mol. The maximum absolute atomic E-state index is 13.7. The van der Waals surface area contributed by atoms with Crippen LogP contribution in [0.15, 0.2) is 53.7 Å². The van der Waals surface area contributed by atoms with E-state index in [1.165, 1.54) is 36.4 Å². The Morgan fingerprint density at radius 3 is 2.45 bits per heavy atom. The molecule has 2 aromatic carbocycles. The maximum Gasteiger partial charge on any atom is 0.272 e. The highest BCUT2D eigenvalue weighted by atomic mass is 32.2. The number of carbonyl (C=O) groups is 2. The molecule has 1 aromatic heterocycles. The van der Waals surface area contributed by atoms with Crippen LogP contribution in [-0.2, 0) is 4.79 Å². The summed E-state index contributed by atoms with van der Waals surface area (Å²) in [6.45, 7) is 3.85. The van der Waals surface area contributed by atoms with Crippen LogP contribution < -0.4 is 15.8 Å². The Bertz CT molecular complexity index is 1130. The van der Waals surface area contributed by atoms with Crippen molar-refractivity contribution >= 4 is 29.5 Å². The number of hydrazine groups is 1. The molecule has 10 heteroatoms. The minimum Gasteiger partial charge on any atom is -0.341 e. The average molecular weight is 469 g/mol. The second-order valence-electron chi connectivity index (χ2n) is 7.77. The summed E-state index contributed by atoms with van der Waals surface area (Å²) in [5.41, 5.74) is 6.48. The lowest BCUT2D eigenvalue weighted by Crippen LogP contribution is -2.42. The lowest BCUT2D eigenvalue weighted by Gasteiger charge is -2.27. The number of nitrogens with one attached hydrogen (secondary N) is 2. The van der Waals surface area contributed by atoms with Crippen LogP contribution in [-0.4, -0.2) is 45.4 Å². The van der Waals surface area contributed by atoms with Gasteiger partial charge in [-0.2, -0.15) is 0 Å². The zero-order chi connectivity index (χ0) is 23.2. The Labute approximate surface area is 195 Å². The fraction of sp³-hybridized carbons (Fsp3) is 0.304.